The third-order valence-electron chi connectivity index (χ3n) is 3.33. The van der Waals surface area contributed by atoms with E-state index in [1.165, 1.54) is 0 Å². The summed E-state index contributed by atoms with van der Waals surface area (Å²) in [4.78, 5) is 13.9. The molecule has 98 valence electrons. The lowest BCUT2D eigenvalue weighted by molar-refractivity contribution is -0.117. The van der Waals surface area contributed by atoms with E-state index in [0.717, 1.165) is 16.9 Å². The van der Waals surface area contributed by atoms with Gasteiger partial charge in [0.25, 0.3) is 0 Å². The molecule has 20 heavy (non-hydrogen) atoms. The number of rotatable bonds is 2. The maximum absolute atomic E-state index is 12.1. The zero-order chi connectivity index (χ0) is 13.9. The van der Waals surface area contributed by atoms with Gasteiger partial charge in [-0.15, -0.1) is 0 Å². The molecular weight excluding hydrogens is 250 g/mol. The number of anilines is 2. The summed E-state index contributed by atoms with van der Waals surface area (Å²) in [6.45, 7) is 0.801. The van der Waals surface area contributed by atoms with E-state index in [2.05, 4.69) is 11.4 Å². The first-order chi connectivity index (χ1) is 9.78. The van der Waals surface area contributed by atoms with Gasteiger partial charge in [0.1, 0.15) is 0 Å². The van der Waals surface area contributed by atoms with Gasteiger partial charge in [-0.05, 0) is 23.8 Å². The number of nitriles is 1. The number of benzene rings is 2. The minimum absolute atomic E-state index is 0.0106. The van der Waals surface area contributed by atoms with Gasteiger partial charge in [-0.2, -0.15) is 5.26 Å². The molecule has 4 nitrogen and oxygen atoms in total. The zero-order valence-corrected chi connectivity index (χ0v) is 10.8. The number of nitrogens with one attached hydrogen (secondary N) is 1. The molecule has 0 saturated heterocycles. The van der Waals surface area contributed by atoms with Crippen molar-refractivity contribution in [3.63, 3.8) is 0 Å². The SMILES string of the molecule is N#Cc1ccc2c(c1)N(Cc1ccccc1)C(=O)CN2. The molecule has 0 unspecified atom stereocenters. The van der Waals surface area contributed by atoms with Crippen molar-refractivity contribution in [3.05, 3.63) is 59.7 Å². The molecule has 1 amide bonds. The molecule has 1 heterocycles. The molecule has 3 rings (SSSR count). The number of fused-ring (bicyclic) bond motifs is 1. The molecule has 0 bridgehead atoms. The molecule has 4 heteroatoms. The highest BCUT2D eigenvalue weighted by Gasteiger charge is 2.24. The average Bonchev–Trinajstić information content (AvgIpc) is 2.51. The van der Waals surface area contributed by atoms with Gasteiger partial charge in [0.15, 0.2) is 0 Å². The number of hydrogen-bond acceptors (Lipinski definition) is 3. The summed E-state index contributed by atoms with van der Waals surface area (Å²) in [7, 11) is 0. The highest BCUT2D eigenvalue weighted by molar-refractivity contribution is 6.02. The van der Waals surface area contributed by atoms with Gasteiger partial charge in [-0.3, -0.25) is 4.79 Å². The summed E-state index contributed by atoms with van der Waals surface area (Å²) < 4.78 is 0. The predicted molar refractivity (Wildman–Crippen MR) is 77.3 cm³/mol. The summed E-state index contributed by atoms with van der Waals surface area (Å²) in [6.07, 6.45) is 0. The van der Waals surface area contributed by atoms with Crippen LogP contribution in [0.3, 0.4) is 0 Å². The highest BCUT2D eigenvalue weighted by Crippen LogP contribution is 2.31. The number of hydrogen-bond donors (Lipinski definition) is 1. The fourth-order valence-electron chi connectivity index (χ4n) is 2.31. The van der Waals surface area contributed by atoms with Crippen molar-refractivity contribution in [2.24, 2.45) is 0 Å². The molecule has 1 N–H and O–H groups in total. The van der Waals surface area contributed by atoms with Crippen LogP contribution in [0.4, 0.5) is 11.4 Å². The van der Waals surface area contributed by atoms with Gasteiger partial charge in [-0.25, -0.2) is 0 Å². The van der Waals surface area contributed by atoms with Gasteiger partial charge in [0.2, 0.25) is 5.91 Å². The molecular formula is C16H13N3O. The Morgan fingerprint density at radius 2 is 2.00 bits per heavy atom. The Morgan fingerprint density at radius 1 is 1.20 bits per heavy atom. The Labute approximate surface area is 117 Å². The largest absolute Gasteiger partial charge is 0.374 e. The summed E-state index contributed by atoms with van der Waals surface area (Å²) in [6, 6.07) is 17.3. The summed E-state index contributed by atoms with van der Waals surface area (Å²) in [5.74, 6) is 0.0106. The van der Waals surface area contributed by atoms with Crippen LogP contribution >= 0.6 is 0 Å². The Kier molecular flexibility index (Phi) is 3.10. The molecule has 0 radical (unpaired) electrons. The second kappa shape index (κ2) is 5.06. The van der Waals surface area contributed by atoms with Crippen LogP contribution in [0.5, 0.6) is 0 Å². The molecule has 1 aliphatic heterocycles. The molecule has 2 aromatic carbocycles. The van der Waals surface area contributed by atoms with E-state index in [-0.39, 0.29) is 12.5 Å². The highest BCUT2D eigenvalue weighted by atomic mass is 16.2. The van der Waals surface area contributed by atoms with Crippen LogP contribution in [-0.4, -0.2) is 12.5 Å². The third-order valence-corrected chi connectivity index (χ3v) is 3.33. The minimum Gasteiger partial charge on any atom is -0.374 e. The molecule has 0 atom stereocenters. The number of carbonyl (C=O) groups is 1. The second-order valence-corrected chi connectivity index (χ2v) is 4.66. The quantitative estimate of drug-likeness (QED) is 0.905. The number of amides is 1. The lowest BCUT2D eigenvalue weighted by Gasteiger charge is -2.30. The van der Waals surface area contributed by atoms with Crippen LogP contribution in [0.15, 0.2) is 48.5 Å². The van der Waals surface area contributed by atoms with Crippen LogP contribution in [0.2, 0.25) is 0 Å². The predicted octanol–water partition coefficient (Wildman–Crippen LogP) is 2.52. The Bertz CT molecular complexity index is 689. The maximum Gasteiger partial charge on any atom is 0.246 e. The van der Waals surface area contributed by atoms with Gasteiger partial charge >= 0.3 is 0 Å². The lowest BCUT2D eigenvalue weighted by Crippen LogP contribution is -2.39. The van der Waals surface area contributed by atoms with E-state index in [4.69, 9.17) is 5.26 Å². The summed E-state index contributed by atoms with van der Waals surface area (Å²) >= 11 is 0. The van der Waals surface area contributed by atoms with Crippen LogP contribution in [0, 0.1) is 11.3 Å². The van der Waals surface area contributed by atoms with Gasteiger partial charge in [0, 0.05) is 0 Å². The molecule has 2 aromatic rings. The average molecular weight is 263 g/mol. The van der Waals surface area contributed by atoms with Crippen molar-refractivity contribution in [2.75, 3.05) is 16.8 Å². The van der Waals surface area contributed by atoms with Crippen molar-refractivity contribution >= 4 is 17.3 Å². The van der Waals surface area contributed by atoms with E-state index in [1.54, 1.807) is 17.0 Å². The molecule has 0 aliphatic carbocycles. The normalized spacial score (nSPS) is 13.3. The van der Waals surface area contributed by atoms with Crippen molar-refractivity contribution in [1.29, 1.82) is 5.26 Å². The second-order valence-electron chi connectivity index (χ2n) is 4.66. The Morgan fingerprint density at radius 3 is 2.75 bits per heavy atom. The Hall–Kier alpha value is -2.80. The summed E-state index contributed by atoms with van der Waals surface area (Å²) in [5, 5.41) is 12.1. The van der Waals surface area contributed by atoms with E-state index in [9.17, 15) is 4.79 Å². The smallest absolute Gasteiger partial charge is 0.246 e. The maximum atomic E-state index is 12.1. The molecule has 0 saturated carbocycles. The standard InChI is InChI=1S/C16H13N3O/c17-9-13-6-7-14-15(8-13)19(16(20)10-18-14)11-12-4-2-1-3-5-12/h1-8,18H,10-11H2. The number of nitrogens with zero attached hydrogens (tertiary/aromatic N) is 2. The fourth-order valence-corrected chi connectivity index (χ4v) is 2.31. The van der Waals surface area contributed by atoms with Crippen LogP contribution in [0.1, 0.15) is 11.1 Å². The van der Waals surface area contributed by atoms with E-state index >= 15 is 0 Å². The summed E-state index contributed by atoms with van der Waals surface area (Å²) in [5.41, 5.74) is 3.28. The molecule has 1 aliphatic rings. The van der Waals surface area contributed by atoms with E-state index < -0.39 is 0 Å². The molecule has 0 spiro atoms. The minimum atomic E-state index is 0.0106. The van der Waals surface area contributed by atoms with E-state index in [1.807, 2.05) is 36.4 Å². The molecule has 0 fully saturated rings. The lowest BCUT2D eigenvalue weighted by atomic mass is 10.1. The van der Waals surface area contributed by atoms with Crippen LogP contribution in [0.25, 0.3) is 0 Å². The van der Waals surface area contributed by atoms with Crippen molar-refractivity contribution < 1.29 is 4.79 Å². The molecule has 0 aromatic heterocycles. The first-order valence-corrected chi connectivity index (χ1v) is 6.40. The monoisotopic (exact) mass is 263 g/mol. The fraction of sp³-hybridized carbons (Fsp3) is 0.125. The Balaban J connectivity index is 1.99. The van der Waals surface area contributed by atoms with Gasteiger partial charge in [-0.1, -0.05) is 30.3 Å². The van der Waals surface area contributed by atoms with Crippen LogP contribution < -0.4 is 10.2 Å². The zero-order valence-electron chi connectivity index (χ0n) is 10.8. The third kappa shape index (κ3) is 2.21. The first-order valence-electron chi connectivity index (χ1n) is 6.40. The van der Waals surface area contributed by atoms with E-state index in [0.29, 0.717) is 12.1 Å². The topological polar surface area (TPSA) is 56.1 Å². The van der Waals surface area contributed by atoms with Crippen molar-refractivity contribution in [2.45, 2.75) is 6.54 Å². The first kappa shape index (κ1) is 12.2. The van der Waals surface area contributed by atoms with Crippen LogP contribution in [-0.2, 0) is 11.3 Å². The van der Waals surface area contributed by atoms with Crippen molar-refractivity contribution in [3.8, 4) is 6.07 Å². The van der Waals surface area contributed by atoms with Gasteiger partial charge < -0.3 is 10.2 Å². The van der Waals surface area contributed by atoms with Crippen molar-refractivity contribution in [1.82, 2.24) is 0 Å². The number of carbonyl (C=O) groups excluding carboxylic acids is 1. The van der Waals surface area contributed by atoms with Gasteiger partial charge in [0.05, 0.1) is 36.1 Å².